The Bertz CT molecular complexity index is 2270. The summed E-state index contributed by atoms with van der Waals surface area (Å²) in [6, 6.07) is 31.4. The lowest BCUT2D eigenvalue weighted by Gasteiger charge is -2.05. The molecule has 4 heteroatoms. The number of carbonyl (C=O) groups is 2. The van der Waals surface area contributed by atoms with Crippen molar-refractivity contribution in [3.8, 4) is 35.5 Å². The van der Waals surface area contributed by atoms with Crippen molar-refractivity contribution in [2.24, 2.45) is 0 Å². The molecule has 0 radical (unpaired) electrons. The smallest absolute Gasteiger partial charge is 0.330 e. The van der Waals surface area contributed by atoms with Crippen molar-refractivity contribution in [2.75, 3.05) is 13.2 Å². The summed E-state index contributed by atoms with van der Waals surface area (Å²) in [4.78, 5) is 22.3. The first-order valence-electron chi connectivity index (χ1n) is 17.2. The number of carbonyl (C=O) groups excluding carboxylic acids is 2. The monoisotopic (exact) mass is 668 g/mol. The molecule has 0 fully saturated rings. The third-order valence-electron chi connectivity index (χ3n) is 8.28. The lowest BCUT2D eigenvalue weighted by molar-refractivity contribution is -0.138. The Labute approximate surface area is 301 Å². The van der Waals surface area contributed by atoms with Gasteiger partial charge in [0.2, 0.25) is 0 Å². The van der Waals surface area contributed by atoms with E-state index in [1.807, 2.05) is 12.1 Å². The number of benzene rings is 5. The van der Waals surface area contributed by atoms with Crippen molar-refractivity contribution in [1.29, 1.82) is 0 Å². The molecular formula is C47H40O4. The van der Waals surface area contributed by atoms with Gasteiger partial charge < -0.3 is 9.47 Å². The molecule has 0 bridgehead atoms. The minimum Gasteiger partial charge on any atom is -0.463 e. The third kappa shape index (κ3) is 10.9. The van der Waals surface area contributed by atoms with Gasteiger partial charge >= 0.3 is 11.9 Å². The number of aryl methyl sites for hydroxylation is 2. The molecule has 0 heterocycles. The second kappa shape index (κ2) is 18.5. The number of hydrogen-bond donors (Lipinski definition) is 0. The third-order valence-corrected chi connectivity index (χ3v) is 8.28. The summed E-state index contributed by atoms with van der Waals surface area (Å²) in [7, 11) is 0. The number of unbranched alkanes of at least 4 members (excludes halogenated alkanes) is 2. The number of rotatable bonds is 11. The van der Waals surface area contributed by atoms with E-state index in [-0.39, 0.29) is 11.9 Å². The van der Waals surface area contributed by atoms with Gasteiger partial charge in [0, 0.05) is 46.4 Å². The number of esters is 2. The van der Waals surface area contributed by atoms with Crippen LogP contribution in [0.1, 0.15) is 71.6 Å². The van der Waals surface area contributed by atoms with Crippen molar-refractivity contribution in [1.82, 2.24) is 0 Å². The van der Waals surface area contributed by atoms with Crippen LogP contribution in [0, 0.1) is 35.5 Å². The zero-order chi connectivity index (χ0) is 35.8. The zero-order valence-corrected chi connectivity index (χ0v) is 29.0. The highest BCUT2D eigenvalue weighted by Gasteiger charge is 2.03. The van der Waals surface area contributed by atoms with Gasteiger partial charge in [-0.3, -0.25) is 0 Å². The highest BCUT2D eigenvalue weighted by Crippen LogP contribution is 2.20. The average Bonchev–Trinajstić information content (AvgIpc) is 3.17. The fraction of sp³-hybridized carbons (Fsp3) is 0.191. The topological polar surface area (TPSA) is 52.6 Å². The van der Waals surface area contributed by atoms with E-state index in [9.17, 15) is 9.59 Å². The maximum atomic E-state index is 11.2. The molecular weight excluding hydrogens is 629 g/mol. The first-order valence-corrected chi connectivity index (χ1v) is 17.2. The van der Waals surface area contributed by atoms with E-state index in [1.165, 1.54) is 23.3 Å². The van der Waals surface area contributed by atoms with Crippen molar-refractivity contribution in [3.05, 3.63) is 155 Å². The number of ether oxygens (including phenoxy) is 2. The van der Waals surface area contributed by atoms with Gasteiger partial charge in [0.1, 0.15) is 0 Å². The fourth-order valence-corrected chi connectivity index (χ4v) is 5.52. The van der Waals surface area contributed by atoms with E-state index in [4.69, 9.17) is 9.47 Å². The first-order chi connectivity index (χ1) is 24.9. The highest BCUT2D eigenvalue weighted by molar-refractivity contribution is 5.86. The first kappa shape index (κ1) is 36.0. The van der Waals surface area contributed by atoms with Crippen LogP contribution in [0.2, 0.25) is 0 Å². The van der Waals surface area contributed by atoms with Gasteiger partial charge in [-0.25, -0.2) is 9.59 Å². The summed E-state index contributed by atoms with van der Waals surface area (Å²) < 4.78 is 10.1. The van der Waals surface area contributed by atoms with E-state index >= 15 is 0 Å². The van der Waals surface area contributed by atoms with Crippen LogP contribution in [0.25, 0.3) is 21.5 Å². The van der Waals surface area contributed by atoms with Crippen LogP contribution >= 0.6 is 0 Å². The van der Waals surface area contributed by atoms with Crippen LogP contribution in [0.15, 0.2) is 116 Å². The molecule has 5 rings (SSSR count). The van der Waals surface area contributed by atoms with Crippen LogP contribution in [0.4, 0.5) is 0 Å². The number of fused-ring (bicyclic) bond motifs is 2. The normalized spacial score (nSPS) is 10.1. The van der Waals surface area contributed by atoms with Crippen LogP contribution in [-0.4, -0.2) is 25.2 Å². The van der Waals surface area contributed by atoms with Gasteiger partial charge in [0.25, 0.3) is 0 Å². The Hall–Kier alpha value is -6.28. The molecule has 5 aromatic carbocycles. The van der Waals surface area contributed by atoms with Gasteiger partial charge in [-0.2, -0.15) is 0 Å². The van der Waals surface area contributed by atoms with E-state index < -0.39 is 0 Å². The molecule has 51 heavy (non-hydrogen) atoms. The molecule has 252 valence electrons. The largest absolute Gasteiger partial charge is 0.463 e. The maximum absolute atomic E-state index is 11.2. The molecule has 0 amide bonds. The van der Waals surface area contributed by atoms with Gasteiger partial charge in [0.05, 0.1) is 13.2 Å². The zero-order valence-electron chi connectivity index (χ0n) is 29.0. The second-order valence-corrected chi connectivity index (χ2v) is 12.0. The van der Waals surface area contributed by atoms with Crippen molar-refractivity contribution in [2.45, 2.75) is 45.4 Å². The molecule has 0 saturated heterocycles. The average molecular weight is 669 g/mol. The Morgan fingerprint density at radius 3 is 1.71 bits per heavy atom. The molecule has 0 spiro atoms. The van der Waals surface area contributed by atoms with E-state index in [0.29, 0.717) is 13.2 Å². The summed E-state index contributed by atoms with van der Waals surface area (Å²) >= 11 is 0. The molecule has 4 nitrogen and oxygen atoms in total. The van der Waals surface area contributed by atoms with Crippen LogP contribution < -0.4 is 0 Å². The Morgan fingerprint density at radius 1 is 0.588 bits per heavy atom. The van der Waals surface area contributed by atoms with E-state index in [0.717, 1.165) is 87.9 Å². The SMILES string of the molecule is C=CC(=O)OCCCCC#Cc1ccc2cc(C#Cc3ccc(C#Cc4ccc5cc(CCCOC(=O)C=C)ccc5c4)cc3CC)ccc2c1. The Balaban J connectivity index is 1.19. The van der Waals surface area contributed by atoms with Crippen LogP contribution in [-0.2, 0) is 31.9 Å². The lowest BCUT2D eigenvalue weighted by atomic mass is 10.0. The Morgan fingerprint density at radius 2 is 1.10 bits per heavy atom. The number of hydrogen-bond acceptors (Lipinski definition) is 4. The molecule has 5 aromatic rings. The fourth-order valence-electron chi connectivity index (χ4n) is 5.52. The summed E-state index contributed by atoms with van der Waals surface area (Å²) in [6.07, 6.45) is 7.23. The minimum atomic E-state index is -0.386. The standard InChI is InChI=1S/C47H40O4/c1-4-40-30-37(14-15-38-20-26-43-32-36(19-25-44(43)33-38)13-11-29-51-47(49)6-3)16-22-41(40)23-17-39-21-27-42-31-35(18-24-45(42)34-39)12-9-7-8-10-28-50-46(48)5-2/h5-6,16,18-22,24-27,30-34H,2-4,7-8,10-11,13,28-29H2,1H3. The molecule has 0 aliphatic heterocycles. The van der Waals surface area contributed by atoms with Crippen LogP contribution in [0.3, 0.4) is 0 Å². The summed E-state index contributed by atoms with van der Waals surface area (Å²) in [6.45, 7) is 9.73. The minimum absolute atomic E-state index is 0.384. The predicted octanol–water partition coefficient (Wildman–Crippen LogP) is 9.27. The molecule has 0 N–H and O–H groups in total. The summed E-state index contributed by atoms with van der Waals surface area (Å²) in [5.41, 5.74) is 7.24. The van der Waals surface area contributed by atoms with Crippen molar-refractivity contribution < 1.29 is 19.1 Å². The predicted molar refractivity (Wildman–Crippen MR) is 207 cm³/mol. The quantitative estimate of drug-likeness (QED) is 0.0610. The summed E-state index contributed by atoms with van der Waals surface area (Å²) in [5.74, 6) is 19.1. The Kier molecular flexibility index (Phi) is 13.0. The van der Waals surface area contributed by atoms with E-state index in [2.05, 4.69) is 134 Å². The van der Waals surface area contributed by atoms with Gasteiger partial charge in [-0.1, -0.05) is 92.0 Å². The van der Waals surface area contributed by atoms with Gasteiger partial charge in [-0.15, -0.1) is 0 Å². The lowest BCUT2D eigenvalue weighted by Crippen LogP contribution is -2.02. The highest BCUT2D eigenvalue weighted by atomic mass is 16.5. The molecule has 0 aromatic heterocycles. The molecule has 0 saturated carbocycles. The second-order valence-electron chi connectivity index (χ2n) is 12.0. The van der Waals surface area contributed by atoms with Gasteiger partial charge in [0.15, 0.2) is 0 Å². The summed E-state index contributed by atoms with van der Waals surface area (Å²) in [5, 5.41) is 4.54. The van der Waals surface area contributed by atoms with Crippen molar-refractivity contribution in [3.63, 3.8) is 0 Å². The molecule has 0 atom stereocenters. The molecule has 0 aliphatic rings. The van der Waals surface area contributed by atoms with Gasteiger partial charge in [-0.05, 0) is 119 Å². The maximum Gasteiger partial charge on any atom is 0.330 e. The van der Waals surface area contributed by atoms with E-state index in [1.54, 1.807) is 0 Å². The van der Waals surface area contributed by atoms with Crippen LogP contribution in [0.5, 0.6) is 0 Å². The molecule has 0 aliphatic carbocycles. The van der Waals surface area contributed by atoms with Crippen molar-refractivity contribution >= 4 is 33.5 Å². The molecule has 0 unspecified atom stereocenters.